The van der Waals surface area contributed by atoms with E-state index in [1.807, 2.05) is 19.1 Å². The number of carbonyl (C=O) groups is 4. The molecule has 2 atom stereocenters. The summed E-state index contributed by atoms with van der Waals surface area (Å²) in [5.41, 5.74) is 7.04. The summed E-state index contributed by atoms with van der Waals surface area (Å²) in [7, 11) is 3.29. The van der Waals surface area contributed by atoms with Crippen LogP contribution in [-0.4, -0.2) is 71.8 Å². The first-order chi connectivity index (χ1) is 29.1. The number of rotatable bonds is 20. The molecule has 0 spiro atoms. The number of benzene rings is 3. The Morgan fingerprint density at radius 1 is 0.833 bits per heavy atom. The summed E-state index contributed by atoms with van der Waals surface area (Å²) >= 11 is 1.80. The number of aromatic nitrogens is 2. The number of amides is 4. The third-order valence-corrected chi connectivity index (χ3v) is 12.6. The van der Waals surface area contributed by atoms with Crippen LogP contribution >= 0.6 is 11.3 Å². The maximum atomic E-state index is 13.1. The van der Waals surface area contributed by atoms with Gasteiger partial charge < -0.3 is 20.1 Å². The van der Waals surface area contributed by atoms with E-state index in [0.717, 1.165) is 78.3 Å². The summed E-state index contributed by atoms with van der Waals surface area (Å²) in [6, 6.07) is 19.1. The fourth-order valence-electron chi connectivity index (χ4n) is 8.20. The van der Waals surface area contributed by atoms with Gasteiger partial charge in [0.2, 0.25) is 11.8 Å². The van der Waals surface area contributed by atoms with Crippen LogP contribution in [0.2, 0.25) is 0 Å². The van der Waals surface area contributed by atoms with Gasteiger partial charge in [-0.05, 0) is 97.5 Å². The van der Waals surface area contributed by atoms with Gasteiger partial charge >= 0.3 is 0 Å². The number of ether oxygens (including phenoxy) is 2. The SMILES string of the molecule is COc1cc2nc(C)nc(C[C@H](C)c3cc(-c4ccccc4CNCCCCCCCCCNc4ccc5c(c4)C(=O)N(C4CCC(=O)NC4=O)C5=O)cs3)c2cc1OC. The highest BCUT2D eigenvalue weighted by Crippen LogP contribution is 2.37. The zero-order chi connectivity index (χ0) is 42.2. The van der Waals surface area contributed by atoms with E-state index in [0.29, 0.717) is 22.6 Å². The van der Waals surface area contributed by atoms with E-state index in [-0.39, 0.29) is 24.7 Å². The molecule has 0 radical (unpaired) electrons. The summed E-state index contributed by atoms with van der Waals surface area (Å²) in [5.74, 6) is 0.384. The molecule has 0 saturated carbocycles. The van der Waals surface area contributed by atoms with E-state index in [1.54, 1.807) is 43.8 Å². The van der Waals surface area contributed by atoms with Crippen molar-refractivity contribution in [3.05, 3.63) is 99.1 Å². The van der Waals surface area contributed by atoms with Gasteiger partial charge in [-0.1, -0.05) is 63.3 Å². The zero-order valence-corrected chi connectivity index (χ0v) is 35.7. The summed E-state index contributed by atoms with van der Waals surface area (Å²) < 4.78 is 11.1. The lowest BCUT2D eigenvalue weighted by Crippen LogP contribution is -2.54. The average molecular weight is 831 g/mol. The molecule has 314 valence electrons. The summed E-state index contributed by atoms with van der Waals surface area (Å²) in [6.07, 6.45) is 9.05. The number of carbonyl (C=O) groups excluding carboxylic acids is 4. The highest BCUT2D eigenvalue weighted by atomic mass is 32.1. The fourth-order valence-corrected chi connectivity index (χ4v) is 9.17. The van der Waals surface area contributed by atoms with E-state index < -0.39 is 23.8 Å². The Morgan fingerprint density at radius 3 is 2.32 bits per heavy atom. The second-order valence-electron chi connectivity index (χ2n) is 15.7. The minimum Gasteiger partial charge on any atom is -0.493 e. The second-order valence-corrected chi connectivity index (χ2v) is 16.7. The maximum absolute atomic E-state index is 13.1. The molecule has 4 amide bonds. The first-order valence-corrected chi connectivity index (χ1v) is 21.9. The molecule has 2 aromatic heterocycles. The number of hydrogen-bond acceptors (Lipinski definition) is 11. The fraction of sp³-hybridized carbons (Fsp3) is 0.404. The Balaban J connectivity index is 0.796. The van der Waals surface area contributed by atoms with Crippen LogP contribution in [0.15, 0.2) is 66.0 Å². The molecule has 4 heterocycles. The van der Waals surface area contributed by atoms with Crippen LogP contribution in [0.25, 0.3) is 22.0 Å². The molecule has 2 aliphatic rings. The molecular formula is C47H54N6O6S. The van der Waals surface area contributed by atoms with Crippen LogP contribution in [0.3, 0.4) is 0 Å². The van der Waals surface area contributed by atoms with Gasteiger partial charge in [-0.3, -0.25) is 29.4 Å². The van der Waals surface area contributed by atoms with Crippen LogP contribution in [0, 0.1) is 6.92 Å². The van der Waals surface area contributed by atoms with Crippen LogP contribution in [0.4, 0.5) is 5.69 Å². The van der Waals surface area contributed by atoms with Crippen molar-refractivity contribution < 1.29 is 28.7 Å². The van der Waals surface area contributed by atoms with Gasteiger partial charge in [0.1, 0.15) is 11.9 Å². The Bertz CT molecular complexity index is 2380. The van der Waals surface area contributed by atoms with Crippen molar-refractivity contribution in [3.63, 3.8) is 0 Å². The van der Waals surface area contributed by atoms with Gasteiger partial charge in [-0.25, -0.2) is 9.97 Å². The van der Waals surface area contributed by atoms with Gasteiger partial charge in [0.05, 0.1) is 36.6 Å². The molecular weight excluding hydrogens is 777 g/mol. The first-order valence-electron chi connectivity index (χ1n) is 21.0. The summed E-state index contributed by atoms with van der Waals surface area (Å²) in [6.45, 7) is 6.77. The zero-order valence-electron chi connectivity index (χ0n) is 34.9. The van der Waals surface area contributed by atoms with Gasteiger partial charge in [-0.15, -0.1) is 11.3 Å². The molecule has 1 fully saturated rings. The largest absolute Gasteiger partial charge is 0.493 e. The number of anilines is 1. The lowest BCUT2D eigenvalue weighted by atomic mass is 9.97. The molecule has 13 heteroatoms. The van der Waals surface area contributed by atoms with E-state index in [9.17, 15) is 19.2 Å². The monoisotopic (exact) mass is 830 g/mol. The quantitative estimate of drug-likeness (QED) is 0.0516. The topological polar surface area (TPSA) is 152 Å². The molecule has 0 bridgehead atoms. The lowest BCUT2D eigenvalue weighted by molar-refractivity contribution is -0.136. The van der Waals surface area contributed by atoms with Crippen molar-refractivity contribution >= 4 is 51.6 Å². The minimum absolute atomic E-state index is 0.100. The van der Waals surface area contributed by atoms with Crippen molar-refractivity contribution in [3.8, 4) is 22.6 Å². The van der Waals surface area contributed by atoms with Crippen LogP contribution in [0.5, 0.6) is 11.5 Å². The normalized spacial score (nSPS) is 15.7. The number of unbranched alkanes of at least 4 members (excludes halogenated alkanes) is 6. The maximum Gasteiger partial charge on any atom is 0.262 e. The highest BCUT2D eigenvalue weighted by molar-refractivity contribution is 7.10. The number of hydrogen-bond donors (Lipinski definition) is 3. The standard InChI is InChI=1S/C47H54N6O6S/c1-29(22-38-37-25-41(58-3)42(59-4)26-39(37)51-30(2)50-38)43-23-32(28-60-43)34-15-11-10-14-31(34)27-48-20-12-8-6-5-7-9-13-21-49-33-16-17-35-36(24-33)47(57)53(46(35)56)40-18-19-44(54)52-45(40)55/h10-11,14-17,23-26,28-29,40,48-49H,5-9,12-13,18-22,27H2,1-4H3,(H,52,54,55)/t29-,40?/m0/s1. The van der Waals surface area contributed by atoms with Crippen molar-refractivity contribution in [1.29, 1.82) is 0 Å². The molecule has 1 saturated heterocycles. The molecule has 60 heavy (non-hydrogen) atoms. The molecule has 1 unspecified atom stereocenters. The van der Waals surface area contributed by atoms with E-state index >= 15 is 0 Å². The molecule has 5 aromatic rings. The Morgan fingerprint density at radius 2 is 1.55 bits per heavy atom. The number of nitrogens with one attached hydrogen (secondary N) is 3. The van der Waals surface area contributed by atoms with Crippen molar-refractivity contribution in [2.75, 3.05) is 32.6 Å². The molecule has 3 aromatic carbocycles. The van der Waals surface area contributed by atoms with Gasteiger partial charge in [0.15, 0.2) is 11.5 Å². The van der Waals surface area contributed by atoms with Gasteiger partial charge in [0.25, 0.3) is 11.8 Å². The Kier molecular flexibility index (Phi) is 13.9. The minimum atomic E-state index is -0.959. The number of aryl methyl sites for hydroxylation is 1. The van der Waals surface area contributed by atoms with E-state index in [2.05, 4.69) is 63.6 Å². The number of nitrogens with zero attached hydrogens (tertiary/aromatic N) is 3. The third kappa shape index (κ3) is 9.69. The van der Waals surface area contributed by atoms with Gasteiger partial charge in [-0.2, -0.15) is 0 Å². The van der Waals surface area contributed by atoms with Crippen molar-refractivity contribution in [1.82, 2.24) is 25.5 Å². The number of imide groups is 2. The predicted molar refractivity (Wildman–Crippen MR) is 235 cm³/mol. The molecule has 0 aliphatic carbocycles. The first kappa shape index (κ1) is 42.5. The Hall–Kier alpha value is -5.66. The van der Waals surface area contributed by atoms with Crippen molar-refractivity contribution in [2.45, 2.75) is 96.6 Å². The molecule has 12 nitrogen and oxygen atoms in total. The number of thiophene rings is 1. The smallest absolute Gasteiger partial charge is 0.262 e. The van der Waals surface area contributed by atoms with Crippen LogP contribution in [0.1, 0.15) is 113 Å². The van der Waals surface area contributed by atoms with E-state index in [1.165, 1.54) is 47.3 Å². The second kappa shape index (κ2) is 19.6. The number of methoxy groups -OCH3 is 2. The highest BCUT2D eigenvalue weighted by Gasteiger charge is 2.44. The molecule has 7 rings (SSSR count). The van der Waals surface area contributed by atoms with E-state index in [4.69, 9.17) is 14.5 Å². The number of piperidine rings is 1. The van der Waals surface area contributed by atoms with Crippen molar-refractivity contribution in [2.24, 2.45) is 0 Å². The molecule has 2 aliphatic heterocycles. The summed E-state index contributed by atoms with van der Waals surface area (Å²) in [5, 5.41) is 12.5. The van der Waals surface area contributed by atoms with Crippen LogP contribution < -0.4 is 25.4 Å². The number of fused-ring (bicyclic) bond motifs is 2. The summed E-state index contributed by atoms with van der Waals surface area (Å²) in [4.78, 5) is 61.8. The van der Waals surface area contributed by atoms with Gasteiger partial charge in [0, 0.05) is 41.5 Å². The predicted octanol–water partition coefficient (Wildman–Crippen LogP) is 8.36. The third-order valence-electron chi connectivity index (χ3n) is 11.4. The lowest BCUT2D eigenvalue weighted by Gasteiger charge is -2.27. The van der Waals surface area contributed by atoms with Crippen LogP contribution in [-0.2, 0) is 22.6 Å². The molecule has 3 N–H and O–H groups in total. The Labute approximate surface area is 355 Å². The average Bonchev–Trinajstić information content (AvgIpc) is 3.83.